The Bertz CT molecular complexity index is 123. The van der Waals surface area contributed by atoms with E-state index in [-0.39, 0.29) is 5.24 Å². The molecule has 1 atom stereocenters. The summed E-state index contributed by atoms with van der Waals surface area (Å²) in [5, 5.41) is -0.197. The number of carbonyl (C=O) groups excluding carboxylic acids is 1. The molecule has 0 aliphatic carbocycles. The minimum Gasteiger partial charge on any atom is -0.281 e. The first kappa shape index (κ1) is 12.0. The average Bonchev–Trinajstić information content (AvgIpc) is 2.00. The van der Waals surface area contributed by atoms with Gasteiger partial charge < -0.3 is 0 Å². The third-order valence-electron chi connectivity index (χ3n) is 2.12. The van der Waals surface area contributed by atoms with E-state index in [0.29, 0.717) is 6.42 Å². The molecule has 0 aliphatic heterocycles. The normalized spacial score (nSPS) is 12.9. The maximum absolute atomic E-state index is 10.4. The van der Waals surface area contributed by atoms with Crippen LogP contribution in [0.4, 0.5) is 0 Å². The van der Waals surface area contributed by atoms with E-state index in [0.717, 1.165) is 18.8 Å². The molecular formula is C10H19ClO. The molecule has 0 N–H and O–H groups in total. The third-order valence-corrected chi connectivity index (χ3v) is 2.31. The summed E-state index contributed by atoms with van der Waals surface area (Å²) < 4.78 is 0. The Morgan fingerprint density at radius 3 is 2.42 bits per heavy atom. The van der Waals surface area contributed by atoms with Crippen LogP contribution in [0.3, 0.4) is 0 Å². The summed E-state index contributed by atoms with van der Waals surface area (Å²) in [5.74, 6) is 0.751. The monoisotopic (exact) mass is 190 g/mol. The van der Waals surface area contributed by atoms with Crippen molar-refractivity contribution >= 4 is 16.8 Å². The molecule has 72 valence electrons. The van der Waals surface area contributed by atoms with Gasteiger partial charge in [0, 0.05) is 6.42 Å². The summed E-state index contributed by atoms with van der Waals surface area (Å²) in [7, 11) is 0. The molecule has 0 heterocycles. The van der Waals surface area contributed by atoms with Crippen LogP contribution in [-0.4, -0.2) is 5.24 Å². The van der Waals surface area contributed by atoms with Gasteiger partial charge in [-0.15, -0.1) is 0 Å². The zero-order chi connectivity index (χ0) is 9.40. The van der Waals surface area contributed by atoms with Crippen molar-refractivity contribution in [1.82, 2.24) is 0 Å². The van der Waals surface area contributed by atoms with Crippen LogP contribution >= 0.6 is 11.6 Å². The Kier molecular flexibility index (Phi) is 7.58. The highest BCUT2D eigenvalue weighted by Crippen LogP contribution is 2.15. The molecule has 0 aromatic heterocycles. The molecule has 0 aliphatic rings. The van der Waals surface area contributed by atoms with Crippen LogP contribution in [0, 0.1) is 5.92 Å². The lowest BCUT2D eigenvalue weighted by Crippen LogP contribution is -1.96. The fraction of sp³-hybridized carbons (Fsp3) is 0.900. The van der Waals surface area contributed by atoms with Gasteiger partial charge in [-0.1, -0.05) is 39.5 Å². The Morgan fingerprint density at radius 1 is 1.33 bits per heavy atom. The largest absolute Gasteiger partial charge is 0.281 e. The van der Waals surface area contributed by atoms with Gasteiger partial charge in [0.15, 0.2) is 0 Å². The summed E-state index contributed by atoms with van der Waals surface area (Å²) in [5.41, 5.74) is 0. The zero-order valence-corrected chi connectivity index (χ0v) is 8.86. The van der Waals surface area contributed by atoms with E-state index < -0.39 is 0 Å². The summed E-state index contributed by atoms with van der Waals surface area (Å²) in [6.45, 7) is 4.45. The molecule has 0 spiro atoms. The van der Waals surface area contributed by atoms with Crippen molar-refractivity contribution in [3.05, 3.63) is 0 Å². The van der Waals surface area contributed by atoms with Crippen molar-refractivity contribution in [3.63, 3.8) is 0 Å². The van der Waals surface area contributed by atoms with Gasteiger partial charge in [-0.2, -0.15) is 0 Å². The fourth-order valence-corrected chi connectivity index (χ4v) is 1.42. The van der Waals surface area contributed by atoms with Gasteiger partial charge in [0.05, 0.1) is 0 Å². The highest BCUT2D eigenvalue weighted by Gasteiger charge is 2.02. The first-order valence-corrected chi connectivity index (χ1v) is 5.23. The first-order chi connectivity index (χ1) is 5.66. The summed E-state index contributed by atoms with van der Waals surface area (Å²) in [6, 6.07) is 0. The van der Waals surface area contributed by atoms with Gasteiger partial charge >= 0.3 is 0 Å². The Labute approximate surface area is 80.5 Å². The quantitative estimate of drug-likeness (QED) is 0.559. The van der Waals surface area contributed by atoms with Gasteiger partial charge in [-0.25, -0.2) is 0 Å². The topological polar surface area (TPSA) is 17.1 Å². The van der Waals surface area contributed by atoms with Gasteiger partial charge in [0.1, 0.15) is 0 Å². The van der Waals surface area contributed by atoms with Crippen molar-refractivity contribution in [3.8, 4) is 0 Å². The second-order valence-electron chi connectivity index (χ2n) is 3.49. The van der Waals surface area contributed by atoms with E-state index in [1.165, 1.54) is 19.3 Å². The molecule has 0 saturated carbocycles. The van der Waals surface area contributed by atoms with Crippen molar-refractivity contribution in [2.45, 2.75) is 52.4 Å². The van der Waals surface area contributed by atoms with Gasteiger partial charge in [-0.3, -0.25) is 4.79 Å². The molecule has 0 saturated heterocycles. The minimum atomic E-state index is -0.197. The molecule has 0 aromatic carbocycles. The second kappa shape index (κ2) is 7.60. The molecule has 1 nitrogen and oxygen atoms in total. The highest BCUT2D eigenvalue weighted by molar-refractivity contribution is 6.63. The predicted molar refractivity (Wildman–Crippen MR) is 53.4 cm³/mol. The summed E-state index contributed by atoms with van der Waals surface area (Å²) in [6.07, 6.45) is 6.48. The summed E-state index contributed by atoms with van der Waals surface area (Å²) >= 11 is 5.23. The van der Waals surface area contributed by atoms with Crippen LogP contribution in [0.25, 0.3) is 0 Å². The molecule has 0 radical (unpaired) electrons. The van der Waals surface area contributed by atoms with Gasteiger partial charge in [0.2, 0.25) is 5.24 Å². The van der Waals surface area contributed by atoms with Gasteiger partial charge in [-0.05, 0) is 23.9 Å². The number of hydrogen-bond donors (Lipinski definition) is 0. The Balaban J connectivity index is 3.19. The number of carbonyl (C=O) groups is 1. The molecule has 0 aromatic rings. The second-order valence-corrected chi connectivity index (χ2v) is 3.92. The predicted octanol–water partition coefficient (Wildman–Crippen LogP) is 3.75. The van der Waals surface area contributed by atoms with E-state index >= 15 is 0 Å². The third kappa shape index (κ3) is 8.06. The number of unbranched alkanes of at least 4 members (excludes halogenated alkanes) is 1. The molecule has 0 amide bonds. The molecule has 1 unspecified atom stereocenters. The molecule has 12 heavy (non-hydrogen) atoms. The smallest absolute Gasteiger partial charge is 0.221 e. The van der Waals surface area contributed by atoms with Crippen LogP contribution in [-0.2, 0) is 4.79 Å². The van der Waals surface area contributed by atoms with E-state index in [1.807, 2.05) is 0 Å². The molecule has 2 heteroatoms. The van der Waals surface area contributed by atoms with Crippen LogP contribution in [0.1, 0.15) is 52.4 Å². The van der Waals surface area contributed by atoms with Crippen LogP contribution < -0.4 is 0 Å². The maximum Gasteiger partial charge on any atom is 0.221 e. The highest BCUT2D eigenvalue weighted by atomic mass is 35.5. The molecule has 0 rings (SSSR count). The first-order valence-electron chi connectivity index (χ1n) is 4.85. The van der Waals surface area contributed by atoms with Crippen molar-refractivity contribution in [2.75, 3.05) is 0 Å². The Hall–Kier alpha value is -0.0400. The van der Waals surface area contributed by atoms with Crippen molar-refractivity contribution < 1.29 is 4.79 Å². The lowest BCUT2D eigenvalue weighted by atomic mass is 9.98. The number of hydrogen-bond acceptors (Lipinski definition) is 1. The average molecular weight is 191 g/mol. The van der Waals surface area contributed by atoms with E-state index in [1.54, 1.807) is 0 Å². The minimum absolute atomic E-state index is 0.197. The number of halogens is 1. The van der Waals surface area contributed by atoms with Crippen LogP contribution in [0.15, 0.2) is 0 Å². The SMILES string of the molecule is CCCCC(C)CCCC(=O)Cl. The lowest BCUT2D eigenvalue weighted by molar-refractivity contribution is -0.111. The molecule has 0 bridgehead atoms. The zero-order valence-electron chi connectivity index (χ0n) is 8.11. The Morgan fingerprint density at radius 2 is 1.92 bits per heavy atom. The lowest BCUT2D eigenvalue weighted by Gasteiger charge is -2.08. The van der Waals surface area contributed by atoms with Crippen LogP contribution in [0.2, 0.25) is 0 Å². The van der Waals surface area contributed by atoms with Crippen molar-refractivity contribution in [2.24, 2.45) is 5.92 Å². The van der Waals surface area contributed by atoms with Gasteiger partial charge in [0.25, 0.3) is 0 Å². The standard InChI is InChI=1S/C10H19ClO/c1-3-4-6-9(2)7-5-8-10(11)12/h9H,3-8H2,1-2H3. The van der Waals surface area contributed by atoms with E-state index in [9.17, 15) is 4.79 Å². The fourth-order valence-electron chi connectivity index (χ4n) is 1.29. The van der Waals surface area contributed by atoms with E-state index in [2.05, 4.69) is 13.8 Å². The summed E-state index contributed by atoms with van der Waals surface area (Å²) in [4.78, 5) is 10.4. The maximum atomic E-state index is 10.4. The number of rotatable bonds is 7. The molecule has 0 fully saturated rings. The van der Waals surface area contributed by atoms with Crippen molar-refractivity contribution in [1.29, 1.82) is 0 Å². The van der Waals surface area contributed by atoms with Crippen LogP contribution in [0.5, 0.6) is 0 Å². The molecular weight excluding hydrogens is 172 g/mol. The van der Waals surface area contributed by atoms with E-state index in [4.69, 9.17) is 11.6 Å².